The fourth-order valence-corrected chi connectivity index (χ4v) is 4.06. The van der Waals surface area contributed by atoms with Crippen LogP contribution in [-0.2, 0) is 4.79 Å². The fourth-order valence-electron chi connectivity index (χ4n) is 2.95. The maximum Gasteiger partial charge on any atom is 0.196 e. The summed E-state index contributed by atoms with van der Waals surface area (Å²) in [6, 6.07) is 18.1. The number of aromatic nitrogens is 4. The Kier molecular flexibility index (Phi) is 4.81. The number of carbonyl (C=O) groups excluding carboxylic acids is 1. The average molecular weight is 391 g/mol. The maximum absolute atomic E-state index is 12.4. The van der Waals surface area contributed by atoms with E-state index < -0.39 is 0 Å². The van der Waals surface area contributed by atoms with Crippen molar-refractivity contribution in [3.05, 3.63) is 60.8 Å². The molecule has 2 aromatic heterocycles. The van der Waals surface area contributed by atoms with E-state index in [2.05, 4.69) is 21.2 Å². The summed E-state index contributed by atoms with van der Waals surface area (Å²) in [4.78, 5) is 15.7. The SMILES string of the molecule is CC(C)(C)C(=O)CSc1nnc(-c2c[nH]c3ccccc23)n1-c1ccccc1. The van der Waals surface area contributed by atoms with E-state index in [-0.39, 0.29) is 11.2 Å². The summed E-state index contributed by atoms with van der Waals surface area (Å²) < 4.78 is 2.02. The number of hydrogen-bond donors (Lipinski definition) is 1. The monoisotopic (exact) mass is 390 g/mol. The van der Waals surface area contributed by atoms with Gasteiger partial charge in [0.25, 0.3) is 0 Å². The highest BCUT2D eigenvalue weighted by Gasteiger charge is 2.24. The number of benzene rings is 2. The minimum absolute atomic E-state index is 0.189. The van der Waals surface area contributed by atoms with Gasteiger partial charge in [0, 0.05) is 33.8 Å². The van der Waals surface area contributed by atoms with Crippen molar-refractivity contribution in [3.63, 3.8) is 0 Å². The molecule has 2 aromatic carbocycles. The molecule has 5 nitrogen and oxygen atoms in total. The van der Waals surface area contributed by atoms with Crippen molar-refractivity contribution in [2.75, 3.05) is 5.75 Å². The summed E-state index contributed by atoms with van der Waals surface area (Å²) in [5.41, 5.74) is 2.64. The highest BCUT2D eigenvalue weighted by molar-refractivity contribution is 7.99. The van der Waals surface area contributed by atoms with Gasteiger partial charge in [0.15, 0.2) is 11.0 Å². The zero-order valence-electron chi connectivity index (χ0n) is 16.1. The lowest BCUT2D eigenvalue weighted by Crippen LogP contribution is -2.22. The molecule has 4 rings (SSSR count). The molecule has 0 spiro atoms. The first kappa shape index (κ1) is 18.5. The molecule has 28 heavy (non-hydrogen) atoms. The number of thioether (sulfide) groups is 1. The predicted molar refractivity (Wildman–Crippen MR) is 114 cm³/mol. The zero-order valence-corrected chi connectivity index (χ0v) is 17.0. The van der Waals surface area contributed by atoms with Crippen LogP contribution in [-0.4, -0.2) is 31.3 Å². The molecule has 0 amide bonds. The van der Waals surface area contributed by atoms with Crippen LogP contribution in [0.4, 0.5) is 0 Å². The van der Waals surface area contributed by atoms with Crippen LogP contribution in [0.2, 0.25) is 0 Å². The summed E-state index contributed by atoms with van der Waals surface area (Å²) in [6.07, 6.45) is 1.96. The smallest absolute Gasteiger partial charge is 0.196 e. The van der Waals surface area contributed by atoms with E-state index in [4.69, 9.17) is 0 Å². The molecule has 0 unspecified atom stereocenters. The lowest BCUT2D eigenvalue weighted by molar-refractivity contribution is -0.123. The van der Waals surface area contributed by atoms with Crippen LogP contribution in [0.1, 0.15) is 20.8 Å². The molecule has 4 aromatic rings. The number of aromatic amines is 1. The van der Waals surface area contributed by atoms with Crippen LogP contribution in [0, 0.1) is 5.41 Å². The molecular formula is C22H22N4OS. The van der Waals surface area contributed by atoms with Crippen LogP contribution in [0.3, 0.4) is 0 Å². The van der Waals surface area contributed by atoms with E-state index in [0.717, 1.165) is 28.0 Å². The van der Waals surface area contributed by atoms with E-state index in [1.54, 1.807) is 0 Å². The second-order valence-corrected chi connectivity index (χ2v) is 8.63. The van der Waals surface area contributed by atoms with Crippen LogP contribution >= 0.6 is 11.8 Å². The normalized spacial score (nSPS) is 11.8. The van der Waals surface area contributed by atoms with Crippen LogP contribution < -0.4 is 0 Å². The molecule has 0 fully saturated rings. The molecule has 0 bridgehead atoms. The number of carbonyl (C=O) groups is 1. The number of Topliss-reactive ketones (excluding diaryl/α,β-unsaturated/α-hetero) is 1. The Morgan fingerprint density at radius 2 is 1.75 bits per heavy atom. The Morgan fingerprint density at radius 3 is 2.50 bits per heavy atom. The molecule has 0 radical (unpaired) electrons. The van der Waals surface area contributed by atoms with E-state index in [1.165, 1.54) is 11.8 Å². The number of H-pyrrole nitrogens is 1. The number of nitrogens with one attached hydrogen (secondary N) is 1. The molecular weight excluding hydrogens is 368 g/mol. The number of hydrogen-bond acceptors (Lipinski definition) is 4. The molecule has 0 aliphatic rings. The topological polar surface area (TPSA) is 63.6 Å². The van der Waals surface area contributed by atoms with E-state index in [0.29, 0.717) is 10.9 Å². The average Bonchev–Trinajstić information content (AvgIpc) is 3.29. The standard InChI is InChI=1S/C22H22N4OS/c1-22(2,3)19(27)14-28-21-25-24-20(26(21)15-9-5-4-6-10-15)17-13-23-18-12-8-7-11-16(17)18/h4-13,23H,14H2,1-3H3. The predicted octanol–water partition coefficient (Wildman–Crippen LogP) is 5.12. The summed E-state index contributed by atoms with van der Waals surface area (Å²) in [6.45, 7) is 5.82. The highest BCUT2D eigenvalue weighted by Crippen LogP contribution is 2.33. The third-order valence-corrected chi connectivity index (χ3v) is 5.58. The minimum atomic E-state index is -0.371. The Labute approximate surface area is 168 Å². The Balaban J connectivity index is 1.80. The Bertz CT molecular complexity index is 1120. The number of ketones is 1. The first-order chi connectivity index (χ1) is 13.4. The molecule has 142 valence electrons. The van der Waals surface area contributed by atoms with E-state index in [9.17, 15) is 4.79 Å². The maximum atomic E-state index is 12.4. The summed E-state index contributed by atoms with van der Waals surface area (Å²) in [5, 5.41) is 10.7. The third kappa shape index (κ3) is 3.47. The van der Waals surface area contributed by atoms with Crippen molar-refractivity contribution in [1.82, 2.24) is 19.7 Å². The van der Waals surface area contributed by atoms with Gasteiger partial charge >= 0.3 is 0 Å². The lowest BCUT2D eigenvalue weighted by atomic mass is 9.92. The summed E-state index contributed by atoms with van der Waals surface area (Å²) in [5.74, 6) is 1.31. The van der Waals surface area contributed by atoms with Gasteiger partial charge in [-0.05, 0) is 18.2 Å². The van der Waals surface area contributed by atoms with Crippen LogP contribution in [0.25, 0.3) is 28.0 Å². The van der Waals surface area contributed by atoms with Gasteiger partial charge in [-0.25, -0.2) is 0 Å². The number of nitrogens with zero attached hydrogens (tertiary/aromatic N) is 3. The molecule has 0 saturated heterocycles. The summed E-state index contributed by atoms with van der Waals surface area (Å²) >= 11 is 1.43. The molecule has 2 heterocycles. The quantitative estimate of drug-likeness (QED) is 0.480. The molecule has 0 aliphatic heterocycles. The van der Waals surface area contributed by atoms with Gasteiger partial charge in [-0.2, -0.15) is 0 Å². The van der Waals surface area contributed by atoms with Crippen LogP contribution in [0.15, 0.2) is 66.0 Å². The van der Waals surface area contributed by atoms with Crippen molar-refractivity contribution in [2.24, 2.45) is 5.41 Å². The van der Waals surface area contributed by atoms with Crippen molar-refractivity contribution < 1.29 is 4.79 Å². The number of rotatable bonds is 5. The first-order valence-electron chi connectivity index (χ1n) is 9.18. The third-order valence-electron chi connectivity index (χ3n) is 4.65. The summed E-state index contributed by atoms with van der Waals surface area (Å²) in [7, 11) is 0. The minimum Gasteiger partial charge on any atom is -0.360 e. The largest absolute Gasteiger partial charge is 0.360 e. The molecule has 0 atom stereocenters. The van der Waals surface area contributed by atoms with Gasteiger partial charge in [0.05, 0.1) is 5.75 Å². The van der Waals surface area contributed by atoms with Gasteiger partial charge in [0.1, 0.15) is 5.78 Å². The molecule has 1 N–H and O–H groups in total. The fraction of sp³-hybridized carbons (Fsp3) is 0.227. The molecule has 0 saturated carbocycles. The van der Waals surface area contributed by atoms with Gasteiger partial charge in [0.2, 0.25) is 0 Å². The lowest BCUT2D eigenvalue weighted by Gasteiger charge is -2.16. The van der Waals surface area contributed by atoms with Crippen LogP contribution in [0.5, 0.6) is 0 Å². The van der Waals surface area contributed by atoms with Crippen molar-refractivity contribution in [3.8, 4) is 17.1 Å². The highest BCUT2D eigenvalue weighted by atomic mass is 32.2. The van der Waals surface area contributed by atoms with Gasteiger partial charge < -0.3 is 4.98 Å². The van der Waals surface area contributed by atoms with Crippen molar-refractivity contribution in [1.29, 1.82) is 0 Å². The van der Waals surface area contributed by atoms with Gasteiger partial charge in [-0.3, -0.25) is 9.36 Å². The molecule has 6 heteroatoms. The van der Waals surface area contributed by atoms with E-state index >= 15 is 0 Å². The van der Waals surface area contributed by atoms with Crippen molar-refractivity contribution in [2.45, 2.75) is 25.9 Å². The Hall–Kier alpha value is -2.86. The number of para-hydroxylation sites is 2. The van der Waals surface area contributed by atoms with Gasteiger partial charge in [-0.15, -0.1) is 10.2 Å². The second-order valence-electron chi connectivity index (χ2n) is 7.69. The Morgan fingerprint density at radius 1 is 1.04 bits per heavy atom. The van der Waals surface area contributed by atoms with E-state index in [1.807, 2.05) is 80.1 Å². The second kappa shape index (κ2) is 7.28. The zero-order chi connectivity index (χ0) is 19.7. The number of fused-ring (bicyclic) bond motifs is 1. The first-order valence-corrected chi connectivity index (χ1v) is 10.2. The molecule has 0 aliphatic carbocycles. The van der Waals surface area contributed by atoms with Crippen molar-refractivity contribution >= 4 is 28.4 Å². The van der Waals surface area contributed by atoms with Gasteiger partial charge in [-0.1, -0.05) is 68.9 Å².